The van der Waals surface area contributed by atoms with Crippen molar-refractivity contribution in [3.05, 3.63) is 59.7 Å². The number of carbonyl (C=O) groups is 1. The van der Waals surface area contributed by atoms with Crippen LogP contribution in [0.3, 0.4) is 0 Å². The van der Waals surface area contributed by atoms with E-state index in [0.717, 1.165) is 11.1 Å². The van der Waals surface area contributed by atoms with Gasteiger partial charge in [0.15, 0.2) is 6.61 Å². The van der Waals surface area contributed by atoms with Gasteiger partial charge < -0.3 is 15.2 Å². The SMILES string of the molecule is Cc1cccc(OCC(=O)Nc2cccc(C(C)O)c2)c1. The molecule has 2 rings (SSSR count). The fourth-order valence-corrected chi connectivity index (χ4v) is 1.93. The van der Waals surface area contributed by atoms with Crippen LogP contribution in [-0.4, -0.2) is 17.6 Å². The van der Waals surface area contributed by atoms with Crippen molar-refractivity contribution in [1.82, 2.24) is 0 Å². The molecule has 0 heterocycles. The number of aryl methyl sites for hydroxylation is 1. The number of nitrogens with one attached hydrogen (secondary N) is 1. The molecular formula is C17H19NO3. The lowest BCUT2D eigenvalue weighted by atomic mass is 10.1. The lowest BCUT2D eigenvalue weighted by Gasteiger charge is -2.10. The minimum absolute atomic E-state index is 0.0532. The fourth-order valence-electron chi connectivity index (χ4n) is 1.93. The summed E-state index contributed by atoms with van der Waals surface area (Å²) in [6.07, 6.45) is -0.564. The van der Waals surface area contributed by atoms with Gasteiger partial charge in [0.1, 0.15) is 5.75 Å². The largest absolute Gasteiger partial charge is 0.484 e. The third kappa shape index (κ3) is 4.61. The molecule has 1 amide bonds. The van der Waals surface area contributed by atoms with E-state index in [1.165, 1.54) is 0 Å². The van der Waals surface area contributed by atoms with Gasteiger partial charge in [-0.3, -0.25) is 4.79 Å². The molecule has 0 aromatic heterocycles. The van der Waals surface area contributed by atoms with Crippen molar-refractivity contribution in [3.63, 3.8) is 0 Å². The number of ether oxygens (including phenoxy) is 1. The number of anilines is 1. The molecule has 0 bridgehead atoms. The summed E-state index contributed by atoms with van der Waals surface area (Å²) in [5.41, 5.74) is 2.48. The lowest BCUT2D eigenvalue weighted by molar-refractivity contribution is -0.118. The first-order valence-corrected chi connectivity index (χ1v) is 6.82. The highest BCUT2D eigenvalue weighted by molar-refractivity contribution is 5.91. The van der Waals surface area contributed by atoms with Crippen LogP contribution < -0.4 is 10.1 Å². The van der Waals surface area contributed by atoms with E-state index in [0.29, 0.717) is 11.4 Å². The van der Waals surface area contributed by atoms with Crippen LogP contribution >= 0.6 is 0 Å². The summed E-state index contributed by atoms with van der Waals surface area (Å²) in [7, 11) is 0. The molecule has 2 N–H and O–H groups in total. The molecule has 0 aliphatic rings. The molecular weight excluding hydrogens is 266 g/mol. The van der Waals surface area contributed by atoms with Gasteiger partial charge in [0.05, 0.1) is 6.10 Å². The second-order valence-corrected chi connectivity index (χ2v) is 4.95. The average Bonchev–Trinajstić information content (AvgIpc) is 2.45. The van der Waals surface area contributed by atoms with E-state index >= 15 is 0 Å². The van der Waals surface area contributed by atoms with Gasteiger partial charge in [0.2, 0.25) is 0 Å². The number of hydrogen-bond donors (Lipinski definition) is 2. The molecule has 0 saturated heterocycles. The Labute approximate surface area is 124 Å². The normalized spacial score (nSPS) is 11.8. The van der Waals surface area contributed by atoms with Gasteiger partial charge in [0.25, 0.3) is 5.91 Å². The fraction of sp³-hybridized carbons (Fsp3) is 0.235. The Bertz CT molecular complexity index is 623. The molecule has 0 saturated carbocycles. The maximum absolute atomic E-state index is 11.9. The zero-order chi connectivity index (χ0) is 15.2. The zero-order valence-corrected chi connectivity index (χ0v) is 12.2. The molecule has 110 valence electrons. The minimum Gasteiger partial charge on any atom is -0.484 e. The molecule has 0 aliphatic heterocycles. The summed E-state index contributed by atoms with van der Waals surface area (Å²) < 4.78 is 5.44. The molecule has 1 unspecified atom stereocenters. The maximum atomic E-state index is 11.9. The average molecular weight is 285 g/mol. The molecule has 0 fully saturated rings. The van der Waals surface area contributed by atoms with Crippen molar-refractivity contribution < 1.29 is 14.6 Å². The highest BCUT2D eigenvalue weighted by Crippen LogP contribution is 2.17. The van der Waals surface area contributed by atoms with Crippen LogP contribution in [-0.2, 0) is 4.79 Å². The van der Waals surface area contributed by atoms with Gasteiger partial charge in [-0.1, -0.05) is 24.3 Å². The predicted molar refractivity (Wildman–Crippen MR) is 82.4 cm³/mol. The number of rotatable bonds is 5. The van der Waals surface area contributed by atoms with Crippen LogP contribution in [0.25, 0.3) is 0 Å². The molecule has 0 aliphatic carbocycles. The van der Waals surface area contributed by atoms with Gasteiger partial charge in [-0.2, -0.15) is 0 Å². The zero-order valence-electron chi connectivity index (χ0n) is 12.2. The highest BCUT2D eigenvalue weighted by Gasteiger charge is 2.06. The number of hydrogen-bond acceptors (Lipinski definition) is 3. The molecule has 0 spiro atoms. The first kappa shape index (κ1) is 15.1. The predicted octanol–water partition coefficient (Wildman–Crippen LogP) is 3.07. The van der Waals surface area contributed by atoms with Crippen molar-refractivity contribution in [2.75, 3.05) is 11.9 Å². The molecule has 1 atom stereocenters. The van der Waals surface area contributed by atoms with Gasteiger partial charge in [-0.05, 0) is 49.2 Å². The molecule has 4 heteroatoms. The summed E-state index contributed by atoms with van der Waals surface area (Å²) in [5, 5.41) is 12.3. The van der Waals surface area contributed by atoms with Crippen molar-refractivity contribution in [1.29, 1.82) is 0 Å². The topological polar surface area (TPSA) is 58.6 Å². The highest BCUT2D eigenvalue weighted by atomic mass is 16.5. The van der Waals surface area contributed by atoms with E-state index in [-0.39, 0.29) is 12.5 Å². The number of amides is 1. The monoisotopic (exact) mass is 285 g/mol. The summed E-state index contributed by atoms with van der Waals surface area (Å²) >= 11 is 0. The van der Waals surface area contributed by atoms with Crippen LogP contribution in [0.5, 0.6) is 5.75 Å². The number of carbonyl (C=O) groups excluding carboxylic acids is 1. The third-order valence-electron chi connectivity index (χ3n) is 3.01. The second-order valence-electron chi connectivity index (χ2n) is 4.95. The third-order valence-corrected chi connectivity index (χ3v) is 3.01. The standard InChI is InChI=1S/C17H19NO3/c1-12-5-3-8-16(9-12)21-11-17(20)18-15-7-4-6-14(10-15)13(2)19/h3-10,13,19H,11H2,1-2H3,(H,18,20). The van der Waals surface area contributed by atoms with Gasteiger partial charge >= 0.3 is 0 Å². The maximum Gasteiger partial charge on any atom is 0.262 e. The number of benzene rings is 2. The lowest BCUT2D eigenvalue weighted by Crippen LogP contribution is -2.20. The Morgan fingerprint density at radius 3 is 2.71 bits per heavy atom. The molecule has 0 radical (unpaired) electrons. The van der Waals surface area contributed by atoms with E-state index in [1.54, 1.807) is 25.1 Å². The Morgan fingerprint density at radius 2 is 2.00 bits per heavy atom. The van der Waals surface area contributed by atoms with Crippen LogP contribution in [0.1, 0.15) is 24.2 Å². The van der Waals surface area contributed by atoms with Gasteiger partial charge in [-0.15, -0.1) is 0 Å². The Morgan fingerprint density at radius 1 is 1.24 bits per heavy atom. The number of aliphatic hydroxyl groups is 1. The van der Waals surface area contributed by atoms with Gasteiger partial charge in [-0.25, -0.2) is 0 Å². The van der Waals surface area contributed by atoms with Crippen LogP contribution in [0.15, 0.2) is 48.5 Å². The van der Waals surface area contributed by atoms with E-state index < -0.39 is 6.10 Å². The molecule has 2 aromatic carbocycles. The van der Waals surface area contributed by atoms with Crippen LogP contribution in [0.4, 0.5) is 5.69 Å². The smallest absolute Gasteiger partial charge is 0.262 e. The summed E-state index contributed by atoms with van der Waals surface area (Å²) in [5.74, 6) is 0.433. The van der Waals surface area contributed by atoms with E-state index in [1.807, 2.05) is 37.3 Å². The van der Waals surface area contributed by atoms with Crippen molar-refractivity contribution in [2.45, 2.75) is 20.0 Å². The van der Waals surface area contributed by atoms with E-state index in [9.17, 15) is 9.90 Å². The van der Waals surface area contributed by atoms with Crippen LogP contribution in [0.2, 0.25) is 0 Å². The van der Waals surface area contributed by atoms with E-state index in [2.05, 4.69) is 5.32 Å². The van der Waals surface area contributed by atoms with Gasteiger partial charge in [0, 0.05) is 5.69 Å². The Balaban J connectivity index is 1.91. The van der Waals surface area contributed by atoms with Crippen molar-refractivity contribution in [2.24, 2.45) is 0 Å². The van der Waals surface area contributed by atoms with Crippen molar-refractivity contribution in [3.8, 4) is 5.75 Å². The first-order chi connectivity index (χ1) is 10.0. The first-order valence-electron chi connectivity index (χ1n) is 6.82. The Hall–Kier alpha value is -2.33. The van der Waals surface area contributed by atoms with Crippen molar-refractivity contribution >= 4 is 11.6 Å². The minimum atomic E-state index is -0.564. The Kier molecular flexibility index (Phi) is 4.95. The molecule has 2 aromatic rings. The molecule has 4 nitrogen and oxygen atoms in total. The summed E-state index contributed by atoms with van der Waals surface area (Å²) in [4.78, 5) is 11.9. The summed E-state index contributed by atoms with van der Waals surface area (Å²) in [6, 6.07) is 14.7. The number of aliphatic hydroxyl groups excluding tert-OH is 1. The van der Waals surface area contributed by atoms with E-state index in [4.69, 9.17) is 4.74 Å². The quantitative estimate of drug-likeness (QED) is 0.887. The van der Waals surface area contributed by atoms with Crippen LogP contribution in [0, 0.1) is 6.92 Å². The second kappa shape index (κ2) is 6.90. The molecule has 21 heavy (non-hydrogen) atoms. The summed E-state index contributed by atoms with van der Waals surface area (Å²) in [6.45, 7) is 3.60.